The first-order chi connectivity index (χ1) is 15.0. The minimum absolute atomic E-state index is 0.0142. The van der Waals surface area contributed by atoms with Gasteiger partial charge in [-0.3, -0.25) is 20.5 Å². The lowest BCUT2D eigenvalue weighted by atomic mass is 10.2. The van der Waals surface area contributed by atoms with Crippen molar-refractivity contribution < 1.29 is 14.5 Å². The molecular formula is C20H24N8O4. The highest BCUT2D eigenvalue weighted by Gasteiger charge is 2.19. The number of rotatable bonds is 6. The van der Waals surface area contributed by atoms with Gasteiger partial charge in [-0.2, -0.15) is 10.1 Å². The first kappa shape index (κ1) is 22.5. The Hall–Kier alpha value is -4.22. The molecule has 0 saturated carbocycles. The van der Waals surface area contributed by atoms with E-state index in [0.717, 1.165) is 17.5 Å². The van der Waals surface area contributed by atoms with Gasteiger partial charge in [0, 0.05) is 23.1 Å². The molecule has 0 spiro atoms. The predicted octanol–water partition coefficient (Wildman–Crippen LogP) is 4.56. The number of nitrogens with one attached hydrogen (secondary N) is 4. The molecule has 0 fully saturated rings. The third-order valence-corrected chi connectivity index (χ3v) is 4.05. The van der Waals surface area contributed by atoms with Crippen molar-refractivity contribution in [3.63, 3.8) is 0 Å². The van der Waals surface area contributed by atoms with Gasteiger partial charge in [0.2, 0.25) is 11.8 Å². The summed E-state index contributed by atoms with van der Waals surface area (Å²) in [5.41, 5.74) is 1.81. The van der Waals surface area contributed by atoms with E-state index in [4.69, 9.17) is 4.74 Å². The lowest BCUT2D eigenvalue weighted by molar-refractivity contribution is -0.384. The molecule has 0 saturated heterocycles. The summed E-state index contributed by atoms with van der Waals surface area (Å²) in [5.74, 6) is 0.498. The Bertz CT molecular complexity index is 1150. The fourth-order valence-corrected chi connectivity index (χ4v) is 2.64. The minimum Gasteiger partial charge on any atom is -0.444 e. The van der Waals surface area contributed by atoms with Crippen LogP contribution in [0.4, 0.5) is 39.4 Å². The number of benzene rings is 1. The number of amides is 1. The first-order valence-corrected chi connectivity index (χ1v) is 9.68. The molecule has 0 aliphatic rings. The topological polar surface area (TPSA) is 160 Å². The fourth-order valence-electron chi connectivity index (χ4n) is 2.64. The monoisotopic (exact) mass is 440 g/mol. The van der Waals surface area contributed by atoms with Gasteiger partial charge in [0.25, 0.3) is 0 Å². The quantitative estimate of drug-likeness (QED) is 0.318. The molecule has 0 bridgehead atoms. The summed E-state index contributed by atoms with van der Waals surface area (Å²) in [6, 6.07) is 6.91. The number of H-pyrrole nitrogens is 1. The van der Waals surface area contributed by atoms with Gasteiger partial charge in [0.1, 0.15) is 11.8 Å². The van der Waals surface area contributed by atoms with Gasteiger partial charge in [-0.05, 0) is 52.3 Å². The summed E-state index contributed by atoms with van der Waals surface area (Å²) in [7, 11) is 0. The molecule has 0 radical (unpaired) electrons. The number of aromatic nitrogens is 4. The van der Waals surface area contributed by atoms with Gasteiger partial charge in [-0.1, -0.05) is 6.07 Å². The van der Waals surface area contributed by atoms with Crippen LogP contribution in [0.25, 0.3) is 0 Å². The van der Waals surface area contributed by atoms with Crippen LogP contribution in [-0.4, -0.2) is 36.8 Å². The summed E-state index contributed by atoms with van der Waals surface area (Å²) in [4.78, 5) is 31.1. The fraction of sp³-hybridized carbons (Fsp3) is 0.300. The molecule has 2 heterocycles. The molecule has 4 N–H and O–H groups in total. The van der Waals surface area contributed by atoms with Crippen molar-refractivity contribution in [2.24, 2.45) is 0 Å². The van der Waals surface area contributed by atoms with E-state index in [1.165, 1.54) is 0 Å². The number of anilines is 5. The van der Waals surface area contributed by atoms with Gasteiger partial charge in [-0.25, -0.2) is 9.78 Å². The Morgan fingerprint density at radius 3 is 2.56 bits per heavy atom. The maximum absolute atomic E-state index is 12.0. The molecule has 3 rings (SSSR count). The number of ether oxygens (including phenoxy) is 1. The van der Waals surface area contributed by atoms with Crippen molar-refractivity contribution in [1.82, 2.24) is 20.2 Å². The maximum Gasteiger partial charge on any atom is 0.412 e. The third kappa shape index (κ3) is 5.90. The number of carbonyl (C=O) groups excluding carboxylic acids is 1. The second-order valence-corrected chi connectivity index (χ2v) is 8.03. The van der Waals surface area contributed by atoms with Crippen molar-refractivity contribution in [1.29, 1.82) is 0 Å². The van der Waals surface area contributed by atoms with Crippen LogP contribution < -0.4 is 16.0 Å². The van der Waals surface area contributed by atoms with Crippen LogP contribution >= 0.6 is 0 Å². The van der Waals surface area contributed by atoms with Crippen LogP contribution in [0.15, 0.2) is 30.5 Å². The summed E-state index contributed by atoms with van der Waals surface area (Å²) in [6.45, 7) is 8.99. The van der Waals surface area contributed by atoms with Crippen LogP contribution in [0.5, 0.6) is 0 Å². The Balaban J connectivity index is 1.84. The lowest BCUT2D eigenvalue weighted by Crippen LogP contribution is -2.27. The Kier molecular flexibility index (Phi) is 6.23. The molecule has 1 amide bonds. The van der Waals surface area contributed by atoms with Gasteiger partial charge in [-0.15, -0.1) is 0 Å². The van der Waals surface area contributed by atoms with Crippen LogP contribution in [0, 0.1) is 24.0 Å². The lowest BCUT2D eigenvalue weighted by Gasteiger charge is -2.20. The molecule has 0 unspecified atom stereocenters. The van der Waals surface area contributed by atoms with E-state index in [9.17, 15) is 14.9 Å². The largest absolute Gasteiger partial charge is 0.444 e. The smallest absolute Gasteiger partial charge is 0.412 e. The molecule has 168 valence electrons. The van der Waals surface area contributed by atoms with E-state index in [2.05, 4.69) is 36.1 Å². The Labute approximate surface area is 184 Å². The van der Waals surface area contributed by atoms with E-state index in [1.807, 2.05) is 6.92 Å². The van der Waals surface area contributed by atoms with Gasteiger partial charge in [0.05, 0.1) is 4.92 Å². The predicted molar refractivity (Wildman–Crippen MR) is 120 cm³/mol. The zero-order valence-corrected chi connectivity index (χ0v) is 18.3. The second-order valence-electron chi connectivity index (χ2n) is 8.03. The number of nitro groups is 1. The van der Waals surface area contributed by atoms with Gasteiger partial charge < -0.3 is 15.4 Å². The number of aryl methyl sites for hydroxylation is 2. The van der Waals surface area contributed by atoms with Gasteiger partial charge in [0.15, 0.2) is 5.82 Å². The summed E-state index contributed by atoms with van der Waals surface area (Å²) in [5, 5.41) is 26.7. The molecule has 0 atom stereocenters. The molecule has 1 aromatic carbocycles. The SMILES string of the molecule is Cc1cc(Nc2nc(Nc3cc(NC(=O)OC(C)(C)C)ccc3C)ncc2[N+](=O)[O-])n[nH]1. The highest BCUT2D eigenvalue weighted by atomic mass is 16.6. The molecule has 3 aromatic rings. The van der Waals surface area contributed by atoms with Crippen LogP contribution in [0.3, 0.4) is 0 Å². The molecule has 32 heavy (non-hydrogen) atoms. The summed E-state index contributed by atoms with van der Waals surface area (Å²) >= 11 is 0. The maximum atomic E-state index is 12.0. The van der Waals surface area contributed by atoms with Crippen molar-refractivity contribution in [2.45, 2.75) is 40.2 Å². The van der Waals surface area contributed by atoms with Crippen molar-refractivity contribution in [3.8, 4) is 0 Å². The highest BCUT2D eigenvalue weighted by molar-refractivity contribution is 5.86. The summed E-state index contributed by atoms with van der Waals surface area (Å²) in [6.07, 6.45) is 0.523. The summed E-state index contributed by atoms with van der Waals surface area (Å²) < 4.78 is 5.26. The van der Waals surface area contributed by atoms with Crippen LogP contribution in [-0.2, 0) is 4.74 Å². The molecule has 12 heteroatoms. The van der Waals surface area contributed by atoms with Crippen LogP contribution in [0.2, 0.25) is 0 Å². The number of nitrogens with zero attached hydrogens (tertiary/aromatic N) is 4. The second kappa shape index (κ2) is 8.88. The van der Waals surface area contributed by atoms with Gasteiger partial charge >= 0.3 is 11.8 Å². The minimum atomic E-state index is -0.626. The van der Waals surface area contributed by atoms with Crippen molar-refractivity contribution >= 4 is 40.7 Å². The van der Waals surface area contributed by atoms with Crippen molar-refractivity contribution in [2.75, 3.05) is 16.0 Å². The normalized spacial score (nSPS) is 11.0. The van der Waals surface area contributed by atoms with E-state index >= 15 is 0 Å². The van der Waals surface area contributed by atoms with E-state index < -0.39 is 16.6 Å². The molecule has 2 aromatic heterocycles. The molecule has 0 aliphatic heterocycles. The zero-order chi connectivity index (χ0) is 23.5. The molecule has 12 nitrogen and oxygen atoms in total. The zero-order valence-electron chi connectivity index (χ0n) is 18.3. The molecule has 0 aliphatic carbocycles. The Morgan fingerprint density at radius 2 is 1.94 bits per heavy atom. The van der Waals surface area contributed by atoms with E-state index in [1.54, 1.807) is 52.0 Å². The Morgan fingerprint density at radius 1 is 1.19 bits per heavy atom. The number of hydrogen-bond acceptors (Lipinski definition) is 9. The average molecular weight is 440 g/mol. The van der Waals surface area contributed by atoms with E-state index in [0.29, 0.717) is 17.2 Å². The molecular weight excluding hydrogens is 416 g/mol. The average Bonchev–Trinajstić information content (AvgIpc) is 3.07. The first-order valence-electron chi connectivity index (χ1n) is 9.68. The standard InChI is InChI=1S/C20H24N8O4/c1-11-6-7-13(22-19(29)32-20(3,4)5)9-14(11)23-18-21-10-15(28(30)31)17(25-18)24-16-8-12(2)26-27-16/h6-10H,1-5H3,(H,22,29)(H3,21,23,24,25,26,27). The third-order valence-electron chi connectivity index (χ3n) is 4.05. The van der Waals surface area contributed by atoms with E-state index in [-0.39, 0.29) is 17.5 Å². The van der Waals surface area contributed by atoms with Crippen LogP contribution in [0.1, 0.15) is 32.0 Å². The number of carbonyl (C=O) groups is 1. The number of aromatic amines is 1. The van der Waals surface area contributed by atoms with Crippen molar-refractivity contribution in [3.05, 3.63) is 51.8 Å². The number of hydrogen-bond donors (Lipinski definition) is 4. The highest BCUT2D eigenvalue weighted by Crippen LogP contribution is 2.28.